The van der Waals surface area contributed by atoms with Crippen LogP contribution in [0.2, 0.25) is 0 Å². The molecule has 144 valence electrons. The molecule has 0 saturated heterocycles. The van der Waals surface area contributed by atoms with Crippen molar-refractivity contribution in [1.29, 1.82) is 0 Å². The molecule has 0 unspecified atom stereocenters. The first kappa shape index (κ1) is 20.7. The lowest BCUT2D eigenvalue weighted by atomic mass is 10.1. The highest BCUT2D eigenvalue weighted by molar-refractivity contribution is 7.99. The van der Waals surface area contributed by atoms with E-state index in [0.717, 1.165) is 35.3 Å². The van der Waals surface area contributed by atoms with Crippen LogP contribution >= 0.6 is 11.8 Å². The molecule has 0 bridgehead atoms. The van der Waals surface area contributed by atoms with Gasteiger partial charge in [0.25, 0.3) is 5.91 Å². The van der Waals surface area contributed by atoms with Crippen molar-refractivity contribution < 1.29 is 27.5 Å². The minimum absolute atomic E-state index is 0.130. The fourth-order valence-corrected chi connectivity index (χ4v) is 2.84. The maximum absolute atomic E-state index is 12.9. The number of thioether (sulfide) groups is 1. The summed E-state index contributed by atoms with van der Waals surface area (Å²) in [5.74, 6) is -1.70. The Morgan fingerprint density at radius 3 is 2.41 bits per heavy atom. The van der Waals surface area contributed by atoms with E-state index in [9.17, 15) is 22.8 Å². The molecule has 0 aliphatic carbocycles. The van der Waals surface area contributed by atoms with Crippen LogP contribution in [0.5, 0.6) is 0 Å². The summed E-state index contributed by atoms with van der Waals surface area (Å²) < 4.78 is 43.4. The van der Waals surface area contributed by atoms with Crippen LogP contribution in [0.15, 0.2) is 35.5 Å². The summed E-state index contributed by atoms with van der Waals surface area (Å²) in [6.07, 6.45) is -4.61. The third-order valence-electron chi connectivity index (χ3n) is 3.15. The molecule has 0 aliphatic heterocycles. The Labute approximate surface area is 157 Å². The van der Waals surface area contributed by atoms with Crippen molar-refractivity contribution in [3.63, 3.8) is 0 Å². The summed E-state index contributed by atoms with van der Waals surface area (Å²) in [7, 11) is 0. The summed E-state index contributed by atoms with van der Waals surface area (Å²) in [6, 6.07) is 6.32. The Kier molecular flexibility index (Phi) is 6.78. The molecule has 1 amide bonds. The lowest BCUT2D eigenvalue weighted by molar-refractivity contribution is -0.144. The number of aryl methyl sites for hydroxylation is 2. The van der Waals surface area contributed by atoms with E-state index in [0.29, 0.717) is 5.16 Å². The zero-order valence-electron chi connectivity index (χ0n) is 14.5. The molecule has 0 atom stereocenters. The van der Waals surface area contributed by atoms with Crippen LogP contribution in [0, 0.1) is 13.8 Å². The van der Waals surface area contributed by atoms with Crippen LogP contribution in [0.3, 0.4) is 0 Å². The lowest BCUT2D eigenvalue weighted by Crippen LogP contribution is -2.23. The molecule has 6 nitrogen and oxygen atoms in total. The average molecular weight is 399 g/mol. The monoisotopic (exact) mass is 399 g/mol. The summed E-state index contributed by atoms with van der Waals surface area (Å²) in [4.78, 5) is 31.8. The quantitative estimate of drug-likeness (QED) is 0.456. The highest BCUT2D eigenvalue weighted by Crippen LogP contribution is 2.34. The summed E-state index contributed by atoms with van der Waals surface area (Å²) >= 11 is 1.04. The van der Waals surface area contributed by atoms with E-state index < -0.39 is 35.9 Å². The summed E-state index contributed by atoms with van der Waals surface area (Å²) in [5.41, 5.74) is 0.124. The fraction of sp³-hybridized carbons (Fsp3) is 0.294. The number of halogens is 3. The third-order valence-corrected chi connectivity index (χ3v) is 3.97. The molecule has 1 aromatic carbocycles. The van der Waals surface area contributed by atoms with Gasteiger partial charge in [-0.1, -0.05) is 23.9 Å². The van der Waals surface area contributed by atoms with Crippen LogP contribution in [0.1, 0.15) is 17.0 Å². The number of carbonyl (C=O) groups is 2. The average Bonchev–Trinajstić information content (AvgIpc) is 2.57. The molecule has 10 heteroatoms. The first-order valence-electron chi connectivity index (χ1n) is 7.72. The van der Waals surface area contributed by atoms with E-state index >= 15 is 0 Å². The Balaban J connectivity index is 1.84. The van der Waals surface area contributed by atoms with Gasteiger partial charge in [0.05, 0.1) is 17.0 Å². The van der Waals surface area contributed by atoms with Crippen molar-refractivity contribution in [3.8, 4) is 0 Å². The Hall–Kier alpha value is -2.62. The molecule has 1 aromatic heterocycles. The van der Waals surface area contributed by atoms with Gasteiger partial charge in [-0.25, -0.2) is 9.97 Å². The molecule has 0 spiro atoms. The maximum atomic E-state index is 12.9. The van der Waals surface area contributed by atoms with Gasteiger partial charge in [-0.3, -0.25) is 9.59 Å². The highest BCUT2D eigenvalue weighted by Gasteiger charge is 2.33. The highest BCUT2D eigenvalue weighted by atomic mass is 32.2. The van der Waals surface area contributed by atoms with Gasteiger partial charge in [-0.15, -0.1) is 0 Å². The number of para-hydroxylation sites is 1. The number of hydrogen-bond donors (Lipinski definition) is 1. The number of alkyl halides is 3. The Bertz CT molecular complexity index is 823. The number of rotatable bonds is 6. The molecule has 1 N–H and O–H groups in total. The van der Waals surface area contributed by atoms with Crippen LogP contribution in [-0.4, -0.2) is 34.2 Å². The van der Waals surface area contributed by atoms with Gasteiger partial charge < -0.3 is 10.1 Å². The summed E-state index contributed by atoms with van der Waals surface area (Å²) in [6.45, 7) is 2.89. The van der Waals surface area contributed by atoms with E-state index in [4.69, 9.17) is 4.74 Å². The SMILES string of the molecule is Cc1cc(C)nc(SCC(=O)OCC(=O)Nc2ccccc2C(F)(F)F)n1. The molecule has 2 aromatic rings. The van der Waals surface area contributed by atoms with Crippen LogP contribution in [0.25, 0.3) is 0 Å². The van der Waals surface area contributed by atoms with Gasteiger partial charge in [0, 0.05) is 11.4 Å². The minimum atomic E-state index is -4.61. The van der Waals surface area contributed by atoms with Gasteiger partial charge >= 0.3 is 12.1 Å². The molecule has 0 aliphatic rings. The molecule has 0 radical (unpaired) electrons. The zero-order chi connectivity index (χ0) is 20.0. The Morgan fingerprint density at radius 1 is 1.15 bits per heavy atom. The van der Waals surface area contributed by atoms with Gasteiger partial charge in [0.1, 0.15) is 0 Å². The number of nitrogens with zero attached hydrogens (tertiary/aromatic N) is 2. The fourth-order valence-electron chi connectivity index (χ4n) is 2.09. The number of carbonyl (C=O) groups excluding carboxylic acids is 2. The van der Waals surface area contributed by atoms with Gasteiger partial charge in [0.2, 0.25) is 0 Å². The Morgan fingerprint density at radius 2 is 1.78 bits per heavy atom. The molecular formula is C17H16F3N3O3S. The van der Waals surface area contributed by atoms with E-state index in [1.165, 1.54) is 12.1 Å². The van der Waals surface area contributed by atoms with Gasteiger partial charge in [-0.2, -0.15) is 13.2 Å². The number of benzene rings is 1. The van der Waals surface area contributed by atoms with Crippen LogP contribution < -0.4 is 5.32 Å². The number of anilines is 1. The zero-order valence-corrected chi connectivity index (χ0v) is 15.3. The molecule has 2 rings (SSSR count). The van der Waals surface area contributed by atoms with Crippen molar-refractivity contribution >= 4 is 29.3 Å². The van der Waals surface area contributed by atoms with Crippen molar-refractivity contribution in [1.82, 2.24) is 9.97 Å². The van der Waals surface area contributed by atoms with Crippen LogP contribution in [0.4, 0.5) is 18.9 Å². The number of hydrogen-bond acceptors (Lipinski definition) is 6. The van der Waals surface area contributed by atoms with E-state index in [2.05, 4.69) is 15.3 Å². The first-order chi connectivity index (χ1) is 12.6. The predicted molar refractivity (Wildman–Crippen MR) is 93.3 cm³/mol. The minimum Gasteiger partial charge on any atom is -0.455 e. The molecule has 0 fully saturated rings. The standard InChI is InChI=1S/C17H16F3N3O3S/c1-10-7-11(2)22-16(21-10)27-9-15(25)26-8-14(24)23-13-6-4-3-5-12(13)17(18,19)20/h3-7H,8-9H2,1-2H3,(H,23,24). The van der Waals surface area contributed by atoms with Gasteiger partial charge in [0.15, 0.2) is 11.8 Å². The second kappa shape index (κ2) is 8.85. The number of amides is 1. The van der Waals surface area contributed by atoms with E-state index in [-0.39, 0.29) is 5.75 Å². The number of ether oxygens (including phenoxy) is 1. The number of aromatic nitrogens is 2. The van der Waals surface area contributed by atoms with Gasteiger partial charge in [-0.05, 0) is 32.0 Å². The normalized spacial score (nSPS) is 11.1. The first-order valence-corrected chi connectivity index (χ1v) is 8.70. The molecular weight excluding hydrogens is 383 g/mol. The molecule has 27 heavy (non-hydrogen) atoms. The maximum Gasteiger partial charge on any atom is 0.418 e. The van der Waals surface area contributed by atoms with Crippen molar-refractivity contribution in [2.24, 2.45) is 0 Å². The second-order valence-electron chi connectivity index (χ2n) is 5.47. The number of esters is 1. The van der Waals surface area contributed by atoms with Crippen molar-refractivity contribution in [2.45, 2.75) is 25.2 Å². The third kappa shape index (κ3) is 6.55. The smallest absolute Gasteiger partial charge is 0.418 e. The van der Waals surface area contributed by atoms with E-state index in [1.54, 1.807) is 19.9 Å². The largest absolute Gasteiger partial charge is 0.455 e. The second-order valence-corrected chi connectivity index (χ2v) is 6.42. The topological polar surface area (TPSA) is 81.2 Å². The van der Waals surface area contributed by atoms with Crippen LogP contribution in [-0.2, 0) is 20.5 Å². The number of nitrogens with one attached hydrogen (secondary N) is 1. The molecule has 0 saturated carbocycles. The molecule has 1 heterocycles. The predicted octanol–water partition coefficient (Wildman–Crippen LogP) is 3.39. The van der Waals surface area contributed by atoms with Crippen molar-refractivity contribution in [2.75, 3.05) is 17.7 Å². The lowest BCUT2D eigenvalue weighted by Gasteiger charge is -2.13. The summed E-state index contributed by atoms with van der Waals surface area (Å²) in [5, 5.41) is 2.49. The van der Waals surface area contributed by atoms with Crippen molar-refractivity contribution in [3.05, 3.63) is 47.3 Å². The van der Waals surface area contributed by atoms with E-state index in [1.807, 2.05) is 0 Å².